The Labute approximate surface area is 116 Å². The Bertz CT molecular complexity index is 406. The highest BCUT2D eigenvalue weighted by molar-refractivity contribution is 5.42. The second-order valence-corrected chi connectivity index (χ2v) is 5.38. The van der Waals surface area contributed by atoms with E-state index in [0.717, 1.165) is 24.1 Å². The number of rotatable bonds is 5. The molecule has 1 saturated heterocycles. The molecule has 1 fully saturated rings. The molecule has 1 aliphatic heterocycles. The average molecular weight is 264 g/mol. The molecule has 106 valence electrons. The number of piperidine rings is 1. The van der Waals surface area contributed by atoms with Gasteiger partial charge in [0.1, 0.15) is 6.54 Å². The summed E-state index contributed by atoms with van der Waals surface area (Å²) in [4.78, 5) is 1.72. The highest BCUT2D eigenvalue weighted by Crippen LogP contribution is 2.27. The molecule has 0 spiro atoms. The molecule has 0 radical (unpaired) electrons. The van der Waals surface area contributed by atoms with E-state index in [1.165, 1.54) is 37.8 Å². The van der Waals surface area contributed by atoms with Crippen molar-refractivity contribution < 1.29 is 14.4 Å². The second kappa shape index (κ2) is 6.80. The zero-order chi connectivity index (χ0) is 13.7. The highest BCUT2D eigenvalue weighted by atomic mass is 16.5. The third-order valence-corrected chi connectivity index (χ3v) is 4.25. The molecule has 0 saturated carbocycles. The molecule has 1 heterocycles. The molecule has 19 heavy (non-hydrogen) atoms. The first-order chi connectivity index (χ1) is 9.28. The maximum absolute atomic E-state index is 5.38. The van der Waals surface area contributed by atoms with Crippen LogP contribution in [0, 0.1) is 0 Å². The number of methoxy groups -OCH3 is 2. The minimum atomic E-state index is 0.812. The van der Waals surface area contributed by atoms with Gasteiger partial charge in [-0.3, -0.25) is 0 Å². The summed E-state index contributed by atoms with van der Waals surface area (Å²) in [6.07, 6.45) is 5.41. The van der Waals surface area contributed by atoms with Crippen LogP contribution < -0.4 is 14.4 Å². The van der Waals surface area contributed by atoms with Crippen LogP contribution in [0.4, 0.5) is 0 Å². The molecule has 3 nitrogen and oxygen atoms in total. The van der Waals surface area contributed by atoms with E-state index in [2.05, 4.69) is 19.1 Å². The summed E-state index contributed by atoms with van der Waals surface area (Å²) >= 11 is 0. The predicted molar refractivity (Wildman–Crippen MR) is 77.0 cm³/mol. The molecule has 3 heteroatoms. The Hall–Kier alpha value is -1.22. The Morgan fingerprint density at radius 1 is 1.16 bits per heavy atom. The Kier molecular flexibility index (Phi) is 5.08. The Morgan fingerprint density at radius 2 is 1.95 bits per heavy atom. The maximum Gasteiger partial charge on any atom is 0.161 e. The van der Waals surface area contributed by atoms with E-state index in [1.807, 2.05) is 6.07 Å². The normalized spacial score (nSPS) is 23.1. The molecule has 2 atom stereocenters. The molecule has 1 aromatic carbocycles. The van der Waals surface area contributed by atoms with Crippen molar-refractivity contribution >= 4 is 0 Å². The first-order valence-corrected chi connectivity index (χ1v) is 7.34. The van der Waals surface area contributed by atoms with Crippen LogP contribution >= 0.6 is 0 Å². The van der Waals surface area contributed by atoms with Crippen molar-refractivity contribution in [3.63, 3.8) is 0 Å². The summed E-state index contributed by atoms with van der Waals surface area (Å²) in [5.41, 5.74) is 1.34. The van der Waals surface area contributed by atoms with Crippen LogP contribution in [0.3, 0.4) is 0 Å². The predicted octanol–water partition coefficient (Wildman–Crippen LogP) is 2.05. The van der Waals surface area contributed by atoms with Crippen molar-refractivity contribution in [2.24, 2.45) is 0 Å². The molecule has 1 aliphatic rings. The third-order valence-electron chi connectivity index (χ3n) is 4.25. The summed E-state index contributed by atoms with van der Waals surface area (Å²) in [6, 6.07) is 7.11. The van der Waals surface area contributed by atoms with Crippen molar-refractivity contribution in [2.75, 3.05) is 20.8 Å². The van der Waals surface area contributed by atoms with Gasteiger partial charge in [0.05, 0.1) is 26.8 Å². The van der Waals surface area contributed by atoms with E-state index < -0.39 is 0 Å². The molecule has 1 aromatic rings. The molecule has 0 bridgehead atoms. The van der Waals surface area contributed by atoms with E-state index in [0.29, 0.717) is 0 Å². The fourth-order valence-electron chi connectivity index (χ4n) is 3.13. The lowest BCUT2D eigenvalue weighted by Crippen LogP contribution is -3.15. The van der Waals surface area contributed by atoms with Crippen LogP contribution in [0.2, 0.25) is 0 Å². The molecule has 0 aliphatic carbocycles. The van der Waals surface area contributed by atoms with E-state index in [4.69, 9.17) is 9.47 Å². The van der Waals surface area contributed by atoms with Gasteiger partial charge in [0.2, 0.25) is 0 Å². The number of likely N-dealkylation sites (tertiary alicyclic amines) is 1. The maximum atomic E-state index is 5.38. The van der Waals surface area contributed by atoms with Crippen LogP contribution in [-0.2, 0) is 6.54 Å². The topological polar surface area (TPSA) is 22.9 Å². The quantitative estimate of drug-likeness (QED) is 0.879. The van der Waals surface area contributed by atoms with Crippen LogP contribution in [0.5, 0.6) is 11.5 Å². The van der Waals surface area contributed by atoms with Crippen LogP contribution in [0.25, 0.3) is 0 Å². The number of hydrogen-bond acceptors (Lipinski definition) is 2. The van der Waals surface area contributed by atoms with Gasteiger partial charge in [-0.05, 0) is 43.9 Å². The molecule has 0 aromatic heterocycles. The van der Waals surface area contributed by atoms with Gasteiger partial charge in [-0.25, -0.2) is 0 Å². The Balaban J connectivity index is 2.09. The van der Waals surface area contributed by atoms with Gasteiger partial charge in [-0.1, -0.05) is 6.92 Å². The van der Waals surface area contributed by atoms with Gasteiger partial charge in [0, 0.05) is 5.56 Å². The SMILES string of the molecule is CC[C@H]1CCCC[NH+]1Cc1ccc(OC)c(OC)c1. The molecule has 1 N–H and O–H groups in total. The number of quaternary nitrogens is 1. The third kappa shape index (κ3) is 3.41. The first kappa shape index (κ1) is 14.2. The highest BCUT2D eigenvalue weighted by Gasteiger charge is 2.24. The number of benzene rings is 1. The smallest absolute Gasteiger partial charge is 0.161 e. The van der Waals surface area contributed by atoms with Gasteiger partial charge < -0.3 is 14.4 Å². The lowest BCUT2D eigenvalue weighted by atomic mass is 9.99. The molecule has 1 unspecified atom stereocenters. The minimum absolute atomic E-state index is 0.812. The summed E-state index contributed by atoms with van der Waals surface area (Å²) in [6.45, 7) is 4.70. The minimum Gasteiger partial charge on any atom is -0.493 e. The van der Waals surface area contributed by atoms with E-state index in [-0.39, 0.29) is 0 Å². The first-order valence-electron chi connectivity index (χ1n) is 7.34. The number of hydrogen-bond donors (Lipinski definition) is 1. The van der Waals surface area contributed by atoms with Gasteiger partial charge in [0.25, 0.3) is 0 Å². The lowest BCUT2D eigenvalue weighted by Gasteiger charge is -2.32. The number of nitrogens with one attached hydrogen (secondary N) is 1. The summed E-state index contributed by atoms with van der Waals surface area (Å²) in [5, 5.41) is 0. The summed E-state index contributed by atoms with van der Waals surface area (Å²) < 4.78 is 10.7. The van der Waals surface area contributed by atoms with Crippen molar-refractivity contribution in [2.45, 2.75) is 45.2 Å². The summed E-state index contributed by atoms with van der Waals surface area (Å²) in [5.74, 6) is 1.65. The van der Waals surface area contributed by atoms with Crippen LogP contribution in [0.1, 0.15) is 38.2 Å². The molecular weight excluding hydrogens is 238 g/mol. The monoisotopic (exact) mass is 264 g/mol. The van der Waals surface area contributed by atoms with Crippen LogP contribution in [0.15, 0.2) is 18.2 Å². The second-order valence-electron chi connectivity index (χ2n) is 5.38. The van der Waals surface area contributed by atoms with Crippen molar-refractivity contribution in [3.8, 4) is 11.5 Å². The van der Waals surface area contributed by atoms with Gasteiger partial charge >= 0.3 is 0 Å². The van der Waals surface area contributed by atoms with Gasteiger partial charge in [-0.15, -0.1) is 0 Å². The van der Waals surface area contributed by atoms with E-state index >= 15 is 0 Å². The standard InChI is InChI=1S/C16H25NO2/c1-4-14-7-5-6-10-17(14)12-13-8-9-15(18-2)16(11-13)19-3/h8-9,11,14H,4-7,10,12H2,1-3H3/p+1/t14-/m0/s1. The zero-order valence-corrected chi connectivity index (χ0v) is 12.4. The van der Waals surface area contributed by atoms with Gasteiger partial charge in [-0.2, -0.15) is 0 Å². The largest absolute Gasteiger partial charge is 0.493 e. The fourth-order valence-corrected chi connectivity index (χ4v) is 3.13. The lowest BCUT2D eigenvalue weighted by molar-refractivity contribution is -0.944. The van der Waals surface area contributed by atoms with Gasteiger partial charge in [0.15, 0.2) is 11.5 Å². The molecule has 2 rings (SSSR count). The van der Waals surface area contributed by atoms with Crippen LogP contribution in [-0.4, -0.2) is 26.8 Å². The molecular formula is C16H26NO2+. The van der Waals surface area contributed by atoms with Crippen molar-refractivity contribution in [1.29, 1.82) is 0 Å². The number of ether oxygens (including phenoxy) is 2. The fraction of sp³-hybridized carbons (Fsp3) is 0.625. The Morgan fingerprint density at radius 3 is 2.63 bits per heavy atom. The average Bonchev–Trinajstić information content (AvgIpc) is 2.47. The van der Waals surface area contributed by atoms with Crippen molar-refractivity contribution in [3.05, 3.63) is 23.8 Å². The van der Waals surface area contributed by atoms with Crippen molar-refractivity contribution in [1.82, 2.24) is 0 Å². The zero-order valence-electron chi connectivity index (χ0n) is 12.4. The van der Waals surface area contributed by atoms with E-state index in [9.17, 15) is 0 Å². The van der Waals surface area contributed by atoms with E-state index in [1.54, 1.807) is 19.1 Å². The summed E-state index contributed by atoms with van der Waals surface area (Å²) in [7, 11) is 3.38. The molecule has 0 amide bonds.